The predicted molar refractivity (Wildman–Crippen MR) is 38.4 cm³/mol. The summed E-state index contributed by atoms with van der Waals surface area (Å²) in [5, 5.41) is 20.6. The molecule has 0 aromatic carbocycles. The molecule has 0 saturated carbocycles. The molecule has 0 bridgehead atoms. The number of carboxylic acids is 2. The molecule has 4 nitrogen and oxygen atoms in total. The summed E-state index contributed by atoms with van der Waals surface area (Å²) in [6, 6.07) is 0. The van der Waals surface area contributed by atoms with E-state index in [0.29, 0.717) is 0 Å². The maximum Gasteiger partial charge on any atom is 0.393 e. The number of carbonyl (C=O) groups is 2. The molecule has 0 aromatic rings. The summed E-state index contributed by atoms with van der Waals surface area (Å²) in [6.07, 6.45) is -15.1. The summed E-state index contributed by atoms with van der Waals surface area (Å²) in [6.45, 7) is 0. The normalized spacial score (nSPS) is 14.1. The Morgan fingerprint density at radius 2 is 0.944 bits per heavy atom. The first-order valence-corrected chi connectivity index (χ1v) is 4.11. The van der Waals surface area contributed by atoms with E-state index in [4.69, 9.17) is 0 Å². The van der Waals surface area contributed by atoms with Crippen molar-refractivity contribution in [3.05, 3.63) is 11.1 Å². The van der Waals surface area contributed by atoms with Gasteiger partial charge in [0.15, 0.2) is 0 Å². The van der Waals surface area contributed by atoms with Crippen molar-refractivity contribution in [2.45, 2.75) is 25.2 Å². The smallest absolute Gasteiger partial charge is 0.393 e. The largest absolute Gasteiger partial charge is 0.545 e. The van der Waals surface area contributed by atoms with Gasteiger partial charge in [-0.1, -0.05) is 0 Å². The lowest BCUT2D eigenvalue weighted by molar-refractivity contribution is -0.305. The standard InChI is InChI=1S/C8H6F6O4/c9-7(10,11)1-3(5(15)16)4(6(17)18)2-8(12,13)14/h1-2H2,(H,15,16)(H,17,18)/p-2. The van der Waals surface area contributed by atoms with Gasteiger partial charge in [0.25, 0.3) is 0 Å². The van der Waals surface area contributed by atoms with Crippen LogP contribution < -0.4 is 10.2 Å². The van der Waals surface area contributed by atoms with Crippen LogP contribution in [0, 0.1) is 0 Å². The molecule has 0 aromatic heterocycles. The lowest BCUT2D eigenvalue weighted by Crippen LogP contribution is -2.35. The Hall–Kier alpha value is -1.74. The summed E-state index contributed by atoms with van der Waals surface area (Å²) < 4.78 is 71.4. The van der Waals surface area contributed by atoms with E-state index in [1.165, 1.54) is 0 Å². The number of rotatable bonds is 4. The molecule has 0 amide bonds. The second kappa shape index (κ2) is 5.27. The number of alkyl halides is 6. The van der Waals surface area contributed by atoms with Crippen LogP contribution in [0.2, 0.25) is 0 Å². The van der Waals surface area contributed by atoms with Gasteiger partial charge in [-0.05, 0) is 11.1 Å². The molecule has 104 valence electrons. The summed E-state index contributed by atoms with van der Waals surface area (Å²) in [4.78, 5) is 20.6. The first-order chi connectivity index (χ1) is 7.83. The monoisotopic (exact) mass is 278 g/mol. The first kappa shape index (κ1) is 16.3. The van der Waals surface area contributed by atoms with Gasteiger partial charge in [0.2, 0.25) is 0 Å². The number of hydrogen-bond acceptors (Lipinski definition) is 4. The molecule has 0 rings (SSSR count). The second-order valence-corrected chi connectivity index (χ2v) is 3.12. The van der Waals surface area contributed by atoms with Gasteiger partial charge < -0.3 is 19.8 Å². The Labute approximate surface area is 95.5 Å². The van der Waals surface area contributed by atoms with Crippen molar-refractivity contribution in [2.75, 3.05) is 0 Å². The Morgan fingerprint density at radius 3 is 1.06 bits per heavy atom. The van der Waals surface area contributed by atoms with Gasteiger partial charge in [-0.2, -0.15) is 26.3 Å². The molecule has 0 aliphatic rings. The van der Waals surface area contributed by atoms with E-state index in [2.05, 4.69) is 0 Å². The highest BCUT2D eigenvalue weighted by Gasteiger charge is 2.35. The van der Waals surface area contributed by atoms with Crippen molar-refractivity contribution in [1.82, 2.24) is 0 Å². The molecule has 0 saturated heterocycles. The minimum absolute atomic E-state index is 2.00. The average Bonchev–Trinajstić information content (AvgIpc) is 2.06. The molecule has 0 radical (unpaired) electrons. The van der Waals surface area contributed by atoms with Crippen LogP contribution in [-0.2, 0) is 9.59 Å². The van der Waals surface area contributed by atoms with Gasteiger partial charge in [-0.15, -0.1) is 0 Å². The zero-order valence-corrected chi connectivity index (χ0v) is 8.31. The fourth-order valence-electron chi connectivity index (χ4n) is 1.01. The number of carbonyl (C=O) groups excluding carboxylic acids is 2. The number of halogens is 6. The van der Waals surface area contributed by atoms with Crippen molar-refractivity contribution in [2.24, 2.45) is 0 Å². The van der Waals surface area contributed by atoms with E-state index in [1.807, 2.05) is 0 Å². The zero-order chi connectivity index (χ0) is 14.7. The molecular weight excluding hydrogens is 274 g/mol. The molecule has 0 atom stereocenters. The first-order valence-electron chi connectivity index (χ1n) is 4.11. The molecular formula is C8H4F6O4-2. The third kappa shape index (κ3) is 6.11. The van der Waals surface area contributed by atoms with Gasteiger partial charge in [0.1, 0.15) is 0 Å². The third-order valence-corrected chi connectivity index (χ3v) is 1.61. The van der Waals surface area contributed by atoms with Crippen molar-refractivity contribution in [1.29, 1.82) is 0 Å². The Kier molecular flexibility index (Phi) is 4.76. The van der Waals surface area contributed by atoms with E-state index in [0.717, 1.165) is 0 Å². The van der Waals surface area contributed by atoms with Gasteiger partial charge >= 0.3 is 12.4 Å². The maximum atomic E-state index is 11.9. The van der Waals surface area contributed by atoms with Gasteiger partial charge in [0.05, 0.1) is 24.8 Å². The Morgan fingerprint density at radius 1 is 0.722 bits per heavy atom. The molecule has 0 spiro atoms. The minimum atomic E-state index is -5.19. The van der Waals surface area contributed by atoms with Crippen LogP contribution in [0.25, 0.3) is 0 Å². The van der Waals surface area contributed by atoms with Crippen LogP contribution >= 0.6 is 0 Å². The average molecular weight is 278 g/mol. The van der Waals surface area contributed by atoms with Crippen LogP contribution in [0.15, 0.2) is 11.1 Å². The fourth-order valence-corrected chi connectivity index (χ4v) is 1.01. The zero-order valence-electron chi connectivity index (χ0n) is 8.31. The highest BCUT2D eigenvalue weighted by molar-refractivity contribution is 5.97. The fraction of sp³-hybridized carbons (Fsp3) is 0.500. The second-order valence-electron chi connectivity index (χ2n) is 3.12. The van der Waals surface area contributed by atoms with Crippen molar-refractivity contribution in [3.63, 3.8) is 0 Å². The summed E-state index contributed by atoms with van der Waals surface area (Å²) in [7, 11) is 0. The maximum absolute atomic E-state index is 11.9. The van der Waals surface area contributed by atoms with E-state index in [-0.39, 0.29) is 0 Å². The number of aliphatic carboxylic acids is 2. The van der Waals surface area contributed by atoms with Crippen molar-refractivity contribution in [3.8, 4) is 0 Å². The lowest BCUT2D eigenvalue weighted by Gasteiger charge is -2.19. The quantitative estimate of drug-likeness (QED) is 0.521. The van der Waals surface area contributed by atoms with Gasteiger partial charge in [-0.25, -0.2) is 0 Å². The highest BCUT2D eigenvalue weighted by Crippen LogP contribution is 2.31. The SMILES string of the molecule is O=C([O-])C(CC(F)(F)F)=C(CC(F)(F)F)C(=O)[O-]. The molecule has 0 heterocycles. The van der Waals surface area contributed by atoms with E-state index in [1.54, 1.807) is 0 Å². The van der Waals surface area contributed by atoms with Crippen molar-refractivity contribution >= 4 is 11.9 Å². The molecule has 0 aliphatic carbocycles. The van der Waals surface area contributed by atoms with Crippen LogP contribution in [0.4, 0.5) is 26.3 Å². The molecule has 0 unspecified atom stereocenters. The van der Waals surface area contributed by atoms with Gasteiger partial charge in [0, 0.05) is 0 Å². The molecule has 10 heteroatoms. The minimum Gasteiger partial charge on any atom is -0.545 e. The Balaban J connectivity index is 5.60. The van der Waals surface area contributed by atoms with E-state index >= 15 is 0 Å². The molecule has 18 heavy (non-hydrogen) atoms. The molecule has 0 aliphatic heterocycles. The Bertz CT molecular complexity index is 342. The lowest BCUT2D eigenvalue weighted by atomic mass is 10.0. The summed E-state index contributed by atoms with van der Waals surface area (Å²) in [5.41, 5.74) is -4.00. The van der Waals surface area contributed by atoms with E-state index < -0.39 is 48.3 Å². The van der Waals surface area contributed by atoms with Crippen LogP contribution in [0.5, 0.6) is 0 Å². The van der Waals surface area contributed by atoms with Crippen LogP contribution in [0.1, 0.15) is 12.8 Å². The number of hydrogen-bond donors (Lipinski definition) is 0. The number of carboxylic acid groups (broad SMARTS) is 2. The molecule has 0 fully saturated rings. The molecule has 0 N–H and O–H groups in total. The van der Waals surface area contributed by atoms with Gasteiger partial charge in [-0.3, -0.25) is 0 Å². The van der Waals surface area contributed by atoms with Crippen LogP contribution in [0.3, 0.4) is 0 Å². The van der Waals surface area contributed by atoms with E-state index in [9.17, 15) is 46.1 Å². The van der Waals surface area contributed by atoms with Crippen molar-refractivity contribution < 1.29 is 46.1 Å². The third-order valence-electron chi connectivity index (χ3n) is 1.61. The predicted octanol–water partition coefficient (Wildman–Crippen LogP) is -0.312. The van der Waals surface area contributed by atoms with Crippen LogP contribution in [-0.4, -0.2) is 24.3 Å². The summed E-state index contributed by atoms with van der Waals surface area (Å²) >= 11 is 0. The highest BCUT2D eigenvalue weighted by atomic mass is 19.4. The summed E-state index contributed by atoms with van der Waals surface area (Å²) in [5.74, 6) is -5.29. The topological polar surface area (TPSA) is 80.3 Å².